The molecule has 0 amide bonds. The Morgan fingerprint density at radius 1 is 1.10 bits per heavy atom. The predicted molar refractivity (Wildman–Crippen MR) is 87.7 cm³/mol. The van der Waals surface area contributed by atoms with Crippen LogP contribution in [-0.2, 0) is 11.2 Å². The summed E-state index contributed by atoms with van der Waals surface area (Å²) in [5.41, 5.74) is 1.18. The third kappa shape index (κ3) is 7.31. The number of Topliss-reactive ketones (excluding diaryl/α,β-unsaturated/α-hetero) is 1. The Labute approximate surface area is 132 Å². The topological polar surface area (TPSA) is 17.1 Å². The first kappa shape index (κ1) is 17.5. The van der Waals surface area contributed by atoms with Gasteiger partial charge in [0.1, 0.15) is 5.78 Å². The predicted octanol–water partition coefficient (Wildman–Crippen LogP) is 5.67. The van der Waals surface area contributed by atoms with Crippen molar-refractivity contribution in [1.29, 1.82) is 0 Å². The molecule has 0 aromatic heterocycles. The van der Waals surface area contributed by atoms with Crippen molar-refractivity contribution in [3.8, 4) is 0 Å². The smallest absolute Gasteiger partial charge is 0.136 e. The van der Waals surface area contributed by atoms with Crippen LogP contribution in [0.15, 0.2) is 24.3 Å². The van der Waals surface area contributed by atoms with Gasteiger partial charge in [-0.1, -0.05) is 49.9 Å². The van der Waals surface area contributed by atoms with Gasteiger partial charge < -0.3 is 0 Å². The highest BCUT2D eigenvalue weighted by atomic mass is 35.5. The SMILES string of the molecule is CC(CCCCCCCl)C(=O)CCc1ccc(Cl)cc1. The van der Waals surface area contributed by atoms with Gasteiger partial charge in [-0.3, -0.25) is 4.79 Å². The molecule has 1 unspecified atom stereocenters. The molecule has 1 atom stereocenters. The number of aryl methyl sites for hydroxylation is 1. The zero-order valence-corrected chi connectivity index (χ0v) is 13.7. The average molecular weight is 315 g/mol. The molecule has 1 aromatic carbocycles. The number of hydrogen-bond donors (Lipinski definition) is 0. The quantitative estimate of drug-likeness (QED) is 0.402. The first-order valence-corrected chi connectivity index (χ1v) is 8.38. The van der Waals surface area contributed by atoms with Gasteiger partial charge in [0.05, 0.1) is 0 Å². The Balaban J connectivity index is 2.19. The largest absolute Gasteiger partial charge is 0.299 e. The maximum absolute atomic E-state index is 12.1. The highest BCUT2D eigenvalue weighted by molar-refractivity contribution is 6.30. The van der Waals surface area contributed by atoms with Gasteiger partial charge in [0, 0.05) is 23.2 Å². The third-order valence-electron chi connectivity index (χ3n) is 3.64. The van der Waals surface area contributed by atoms with E-state index < -0.39 is 0 Å². The summed E-state index contributed by atoms with van der Waals surface area (Å²) < 4.78 is 0. The monoisotopic (exact) mass is 314 g/mol. The second kappa shape index (κ2) is 10.2. The van der Waals surface area contributed by atoms with Gasteiger partial charge in [0.2, 0.25) is 0 Å². The zero-order valence-electron chi connectivity index (χ0n) is 12.2. The van der Waals surface area contributed by atoms with Gasteiger partial charge in [-0.2, -0.15) is 0 Å². The van der Waals surface area contributed by atoms with E-state index in [1.54, 1.807) is 0 Å². The molecule has 0 radical (unpaired) electrons. The number of benzene rings is 1. The fourth-order valence-electron chi connectivity index (χ4n) is 2.22. The maximum Gasteiger partial charge on any atom is 0.136 e. The van der Waals surface area contributed by atoms with Crippen molar-refractivity contribution < 1.29 is 4.79 Å². The minimum absolute atomic E-state index is 0.179. The molecule has 112 valence electrons. The van der Waals surface area contributed by atoms with Crippen LogP contribution < -0.4 is 0 Å². The number of halogens is 2. The van der Waals surface area contributed by atoms with E-state index in [1.807, 2.05) is 31.2 Å². The van der Waals surface area contributed by atoms with Gasteiger partial charge in [-0.15, -0.1) is 11.6 Å². The lowest BCUT2D eigenvalue weighted by atomic mass is 9.94. The Morgan fingerprint density at radius 3 is 2.40 bits per heavy atom. The number of carbonyl (C=O) groups excluding carboxylic acids is 1. The second-order valence-electron chi connectivity index (χ2n) is 5.39. The molecule has 0 bridgehead atoms. The van der Waals surface area contributed by atoms with E-state index in [0.29, 0.717) is 12.2 Å². The van der Waals surface area contributed by atoms with Gasteiger partial charge >= 0.3 is 0 Å². The Hall–Kier alpha value is -0.530. The molecular formula is C17H24Cl2O. The molecule has 20 heavy (non-hydrogen) atoms. The summed E-state index contributed by atoms with van der Waals surface area (Å²) in [6.45, 7) is 2.05. The van der Waals surface area contributed by atoms with E-state index in [-0.39, 0.29) is 5.92 Å². The normalized spacial score (nSPS) is 12.3. The Bertz CT molecular complexity index is 386. The highest BCUT2D eigenvalue weighted by Gasteiger charge is 2.12. The number of unbranched alkanes of at least 4 members (excludes halogenated alkanes) is 3. The fraction of sp³-hybridized carbons (Fsp3) is 0.588. The summed E-state index contributed by atoms with van der Waals surface area (Å²) in [4.78, 5) is 12.1. The molecule has 0 saturated carbocycles. The van der Waals surface area contributed by atoms with Crippen LogP contribution in [0.5, 0.6) is 0 Å². The average Bonchev–Trinajstić information content (AvgIpc) is 2.46. The zero-order chi connectivity index (χ0) is 14.8. The number of rotatable bonds is 10. The summed E-state index contributed by atoms with van der Waals surface area (Å²) in [6, 6.07) is 7.74. The van der Waals surface area contributed by atoms with Crippen LogP contribution in [0.2, 0.25) is 5.02 Å². The third-order valence-corrected chi connectivity index (χ3v) is 4.16. The molecule has 0 heterocycles. The molecule has 1 aromatic rings. The molecule has 0 saturated heterocycles. The van der Waals surface area contributed by atoms with Crippen LogP contribution in [0, 0.1) is 5.92 Å². The van der Waals surface area contributed by atoms with Gasteiger partial charge in [-0.05, 0) is 37.0 Å². The van der Waals surface area contributed by atoms with E-state index in [1.165, 1.54) is 18.4 Å². The molecule has 1 rings (SSSR count). The minimum atomic E-state index is 0.179. The summed E-state index contributed by atoms with van der Waals surface area (Å²) in [5, 5.41) is 0.741. The van der Waals surface area contributed by atoms with E-state index in [2.05, 4.69) is 0 Å². The van der Waals surface area contributed by atoms with E-state index >= 15 is 0 Å². The van der Waals surface area contributed by atoms with Crippen LogP contribution >= 0.6 is 23.2 Å². The molecule has 0 N–H and O–H groups in total. The second-order valence-corrected chi connectivity index (χ2v) is 6.20. The molecule has 0 aliphatic carbocycles. The van der Waals surface area contributed by atoms with Crippen molar-refractivity contribution in [2.24, 2.45) is 5.92 Å². The number of hydrogen-bond acceptors (Lipinski definition) is 1. The lowest BCUT2D eigenvalue weighted by Crippen LogP contribution is -2.11. The van der Waals surface area contributed by atoms with E-state index in [9.17, 15) is 4.79 Å². The molecule has 0 spiro atoms. The van der Waals surface area contributed by atoms with Crippen molar-refractivity contribution in [3.63, 3.8) is 0 Å². The summed E-state index contributed by atoms with van der Waals surface area (Å²) in [7, 11) is 0. The van der Waals surface area contributed by atoms with Crippen molar-refractivity contribution in [3.05, 3.63) is 34.9 Å². The van der Waals surface area contributed by atoms with Crippen molar-refractivity contribution in [2.45, 2.75) is 51.9 Å². The Kier molecular flexibility index (Phi) is 8.97. The first-order valence-electron chi connectivity index (χ1n) is 7.46. The van der Waals surface area contributed by atoms with Crippen LogP contribution in [0.3, 0.4) is 0 Å². The van der Waals surface area contributed by atoms with Crippen LogP contribution in [0.1, 0.15) is 51.0 Å². The van der Waals surface area contributed by atoms with Crippen LogP contribution in [-0.4, -0.2) is 11.7 Å². The van der Waals surface area contributed by atoms with E-state index in [4.69, 9.17) is 23.2 Å². The molecule has 0 aliphatic rings. The van der Waals surface area contributed by atoms with Gasteiger partial charge in [0.25, 0.3) is 0 Å². The standard InChI is InChI=1S/C17H24Cl2O/c1-14(6-4-2-3-5-13-18)17(20)12-9-15-7-10-16(19)11-8-15/h7-8,10-11,14H,2-6,9,12-13H2,1H3. The van der Waals surface area contributed by atoms with Crippen molar-refractivity contribution in [2.75, 3.05) is 5.88 Å². The maximum atomic E-state index is 12.1. The molecular weight excluding hydrogens is 291 g/mol. The first-order chi connectivity index (χ1) is 9.63. The lowest BCUT2D eigenvalue weighted by Gasteiger charge is -2.10. The van der Waals surface area contributed by atoms with E-state index in [0.717, 1.165) is 36.6 Å². The highest BCUT2D eigenvalue weighted by Crippen LogP contribution is 2.16. The summed E-state index contributed by atoms with van der Waals surface area (Å²) in [5.74, 6) is 1.30. The molecule has 1 nitrogen and oxygen atoms in total. The van der Waals surface area contributed by atoms with Crippen LogP contribution in [0.4, 0.5) is 0 Å². The lowest BCUT2D eigenvalue weighted by molar-refractivity contribution is -0.122. The van der Waals surface area contributed by atoms with Gasteiger partial charge in [0.15, 0.2) is 0 Å². The number of carbonyl (C=O) groups is 1. The molecule has 0 fully saturated rings. The molecule has 0 aliphatic heterocycles. The minimum Gasteiger partial charge on any atom is -0.299 e. The number of ketones is 1. The summed E-state index contributed by atoms with van der Waals surface area (Å²) in [6.07, 6.45) is 7.01. The van der Waals surface area contributed by atoms with Crippen molar-refractivity contribution in [1.82, 2.24) is 0 Å². The molecule has 3 heteroatoms. The number of alkyl halides is 1. The Morgan fingerprint density at radius 2 is 1.75 bits per heavy atom. The summed E-state index contributed by atoms with van der Waals surface area (Å²) >= 11 is 11.5. The fourth-order valence-corrected chi connectivity index (χ4v) is 2.54. The van der Waals surface area contributed by atoms with Gasteiger partial charge in [-0.25, -0.2) is 0 Å². The van der Waals surface area contributed by atoms with Crippen molar-refractivity contribution >= 4 is 29.0 Å². The van der Waals surface area contributed by atoms with Crippen LogP contribution in [0.25, 0.3) is 0 Å².